The van der Waals surface area contributed by atoms with Crippen molar-refractivity contribution in [2.45, 2.75) is 18.4 Å². The molecule has 0 aliphatic rings. The van der Waals surface area contributed by atoms with Gasteiger partial charge in [0.1, 0.15) is 11.3 Å². The van der Waals surface area contributed by atoms with Crippen molar-refractivity contribution in [1.29, 1.82) is 0 Å². The molecule has 0 aliphatic carbocycles. The standard InChI is InChI=1S/C9H8ClF3N2O3/c10-7-4(9(11,12)13)1-3(2-15-7)5(16)6(17)8(14)18/h1-2,5-6,16-17H,(H2,14,18). The normalized spacial score (nSPS) is 15.2. The lowest BCUT2D eigenvalue weighted by Crippen LogP contribution is -2.34. The third kappa shape index (κ3) is 3.09. The molecule has 0 aliphatic heterocycles. The molecule has 5 nitrogen and oxygen atoms in total. The fourth-order valence-corrected chi connectivity index (χ4v) is 1.37. The predicted octanol–water partition coefficient (Wildman–Crippen LogP) is 0.633. The number of carbonyl (C=O) groups is 1. The van der Waals surface area contributed by atoms with Crippen molar-refractivity contribution in [1.82, 2.24) is 4.98 Å². The van der Waals surface area contributed by atoms with Crippen LogP contribution in [0.3, 0.4) is 0 Å². The Hall–Kier alpha value is -1.38. The van der Waals surface area contributed by atoms with E-state index in [9.17, 15) is 23.1 Å². The van der Waals surface area contributed by atoms with Gasteiger partial charge in [0, 0.05) is 11.8 Å². The number of rotatable bonds is 3. The summed E-state index contributed by atoms with van der Waals surface area (Å²) in [6.45, 7) is 0. The van der Waals surface area contributed by atoms with Gasteiger partial charge in [-0.05, 0) is 6.07 Å². The first-order valence-electron chi connectivity index (χ1n) is 4.52. The maximum atomic E-state index is 12.5. The molecule has 0 bridgehead atoms. The lowest BCUT2D eigenvalue weighted by atomic mass is 10.0. The van der Waals surface area contributed by atoms with E-state index in [1.807, 2.05) is 0 Å². The van der Waals surface area contributed by atoms with Crippen LogP contribution < -0.4 is 5.73 Å². The van der Waals surface area contributed by atoms with Gasteiger partial charge in [-0.15, -0.1) is 0 Å². The largest absolute Gasteiger partial charge is 0.419 e. The second kappa shape index (κ2) is 5.09. The Kier molecular flexibility index (Phi) is 4.15. The zero-order chi connectivity index (χ0) is 14.1. The van der Waals surface area contributed by atoms with Crippen LogP contribution >= 0.6 is 11.6 Å². The van der Waals surface area contributed by atoms with Crippen LogP contribution in [-0.2, 0) is 11.0 Å². The summed E-state index contributed by atoms with van der Waals surface area (Å²) in [6.07, 6.45) is -7.89. The summed E-state index contributed by atoms with van der Waals surface area (Å²) in [5, 5.41) is 17.8. The highest BCUT2D eigenvalue weighted by Crippen LogP contribution is 2.35. The van der Waals surface area contributed by atoms with E-state index < -0.39 is 40.6 Å². The molecule has 1 heterocycles. The summed E-state index contributed by atoms with van der Waals surface area (Å²) >= 11 is 5.26. The average Bonchev–Trinajstić information content (AvgIpc) is 2.26. The fraction of sp³-hybridized carbons (Fsp3) is 0.333. The third-order valence-electron chi connectivity index (χ3n) is 2.10. The number of nitrogens with zero attached hydrogens (tertiary/aromatic N) is 1. The highest BCUT2D eigenvalue weighted by molar-refractivity contribution is 6.30. The van der Waals surface area contributed by atoms with Crippen LogP contribution in [-0.4, -0.2) is 27.2 Å². The van der Waals surface area contributed by atoms with Gasteiger partial charge in [0.25, 0.3) is 0 Å². The van der Waals surface area contributed by atoms with E-state index in [1.165, 1.54) is 0 Å². The minimum atomic E-state index is -4.77. The van der Waals surface area contributed by atoms with Crippen LogP contribution in [0.5, 0.6) is 0 Å². The number of aliphatic hydroxyl groups is 2. The monoisotopic (exact) mass is 284 g/mol. The Labute approximate surface area is 104 Å². The molecule has 1 amide bonds. The minimum Gasteiger partial charge on any atom is -0.385 e. The Morgan fingerprint density at radius 3 is 2.44 bits per heavy atom. The molecule has 4 N–H and O–H groups in total. The third-order valence-corrected chi connectivity index (χ3v) is 2.40. The molecule has 1 aromatic heterocycles. The minimum absolute atomic E-state index is 0.418. The number of halogens is 4. The van der Waals surface area contributed by atoms with Crippen molar-refractivity contribution in [3.05, 3.63) is 28.5 Å². The number of aromatic nitrogens is 1. The van der Waals surface area contributed by atoms with Crippen molar-refractivity contribution in [3.8, 4) is 0 Å². The number of hydrogen-bond donors (Lipinski definition) is 3. The summed E-state index contributed by atoms with van der Waals surface area (Å²) in [4.78, 5) is 13.8. The first-order valence-corrected chi connectivity index (χ1v) is 4.90. The Bertz CT molecular complexity index is 467. The zero-order valence-electron chi connectivity index (χ0n) is 8.65. The number of amides is 1. The molecule has 18 heavy (non-hydrogen) atoms. The quantitative estimate of drug-likeness (QED) is 0.709. The molecule has 0 saturated carbocycles. The molecule has 0 aromatic carbocycles. The van der Waals surface area contributed by atoms with Crippen LogP contribution in [0.1, 0.15) is 17.2 Å². The van der Waals surface area contributed by atoms with E-state index in [4.69, 9.17) is 22.4 Å². The lowest BCUT2D eigenvalue weighted by molar-refractivity contribution is -0.137. The van der Waals surface area contributed by atoms with Crippen LogP contribution in [0, 0.1) is 0 Å². The fourth-order valence-electron chi connectivity index (χ4n) is 1.16. The number of primary amides is 1. The molecule has 0 spiro atoms. The van der Waals surface area contributed by atoms with E-state index in [1.54, 1.807) is 0 Å². The van der Waals surface area contributed by atoms with Gasteiger partial charge in [-0.1, -0.05) is 11.6 Å². The van der Waals surface area contributed by atoms with Crippen LogP contribution in [0.15, 0.2) is 12.3 Å². The van der Waals surface area contributed by atoms with Gasteiger partial charge >= 0.3 is 6.18 Å². The number of aliphatic hydroxyl groups excluding tert-OH is 2. The summed E-state index contributed by atoms with van der Waals surface area (Å²) in [5.41, 5.74) is 3.01. The molecular weight excluding hydrogens is 277 g/mol. The molecule has 1 aromatic rings. The molecule has 2 atom stereocenters. The van der Waals surface area contributed by atoms with Crippen LogP contribution in [0.2, 0.25) is 5.15 Å². The smallest absolute Gasteiger partial charge is 0.385 e. The van der Waals surface area contributed by atoms with E-state index in [0.29, 0.717) is 6.07 Å². The first kappa shape index (κ1) is 14.7. The maximum Gasteiger partial charge on any atom is 0.419 e. The Morgan fingerprint density at radius 2 is 2.00 bits per heavy atom. The Balaban J connectivity index is 3.17. The van der Waals surface area contributed by atoms with Crippen molar-refractivity contribution in [2.24, 2.45) is 5.73 Å². The topological polar surface area (TPSA) is 96.4 Å². The molecule has 0 radical (unpaired) electrons. The van der Waals surface area contributed by atoms with E-state index in [2.05, 4.69) is 4.98 Å². The molecule has 9 heteroatoms. The van der Waals surface area contributed by atoms with E-state index >= 15 is 0 Å². The van der Waals surface area contributed by atoms with Crippen LogP contribution in [0.25, 0.3) is 0 Å². The summed E-state index contributed by atoms with van der Waals surface area (Å²) in [7, 11) is 0. The summed E-state index contributed by atoms with van der Waals surface area (Å²) in [5.74, 6) is -1.27. The summed E-state index contributed by atoms with van der Waals surface area (Å²) in [6, 6.07) is 0.492. The molecule has 2 unspecified atom stereocenters. The van der Waals surface area contributed by atoms with Gasteiger partial charge in [-0.25, -0.2) is 4.98 Å². The van der Waals surface area contributed by atoms with Gasteiger partial charge in [-0.3, -0.25) is 4.79 Å². The maximum absolute atomic E-state index is 12.5. The number of carbonyl (C=O) groups excluding carboxylic acids is 1. The summed E-state index contributed by atoms with van der Waals surface area (Å²) < 4.78 is 37.5. The van der Waals surface area contributed by atoms with Crippen molar-refractivity contribution < 1.29 is 28.2 Å². The highest BCUT2D eigenvalue weighted by Gasteiger charge is 2.35. The van der Waals surface area contributed by atoms with Gasteiger partial charge < -0.3 is 15.9 Å². The molecular formula is C9H8ClF3N2O3. The van der Waals surface area contributed by atoms with Gasteiger partial charge in [0.2, 0.25) is 5.91 Å². The van der Waals surface area contributed by atoms with Gasteiger partial charge in [-0.2, -0.15) is 13.2 Å². The molecule has 0 fully saturated rings. The second-order valence-electron chi connectivity index (χ2n) is 3.40. The number of pyridine rings is 1. The van der Waals surface area contributed by atoms with Crippen molar-refractivity contribution >= 4 is 17.5 Å². The first-order chi connectivity index (χ1) is 8.14. The number of hydrogen-bond acceptors (Lipinski definition) is 4. The predicted molar refractivity (Wildman–Crippen MR) is 54.4 cm³/mol. The number of alkyl halides is 3. The van der Waals surface area contributed by atoms with E-state index in [-0.39, 0.29) is 0 Å². The van der Waals surface area contributed by atoms with Crippen molar-refractivity contribution in [3.63, 3.8) is 0 Å². The lowest BCUT2D eigenvalue weighted by Gasteiger charge is -2.16. The Morgan fingerprint density at radius 1 is 1.44 bits per heavy atom. The average molecular weight is 285 g/mol. The molecule has 1 rings (SSSR count). The number of nitrogens with two attached hydrogens (primary N) is 1. The highest BCUT2D eigenvalue weighted by atomic mass is 35.5. The van der Waals surface area contributed by atoms with Crippen molar-refractivity contribution in [2.75, 3.05) is 0 Å². The molecule has 100 valence electrons. The van der Waals surface area contributed by atoms with Crippen LogP contribution in [0.4, 0.5) is 13.2 Å². The van der Waals surface area contributed by atoms with E-state index in [0.717, 1.165) is 6.20 Å². The van der Waals surface area contributed by atoms with Gasteiger partial charge in [0.05, 0.1) is 5.56 Å². The van der Waals surface area contributed by atoms with Gasteiger partial charge in [0.15, 0.2) is 6.10 Å². The zero-order valence-corrected chi connectivity index (χ0v) is 9.40. The molecule has 0 saturated heterocycles. The second-order valence-corrected chi connectivity index (χ2v) is 3.75. The SMILES string of the molecule is NC(=O)C(O)C(O)c1cnc(Cl)c(C(F)(F)F)c1.